The second-order valence-electron chi connectivity index (χ2n) is 7.34. The first-order chi connectivity index (χ1) is 11.8. The molecule has 4 heteroatoms. The van der Waals surface area contributed by atoms with Gasteiger partial charge in [-0.15, -0.1) is 0 Å². The summed E-state index contributed by atoms with van der Waals surface area (Å²) in [5.74, 6) is 1.000. The van der Waals surface area contributed by atoms with Crippen LogP contribution < -0.4 is 10.6 Å². The monoisotopic (exact) mass is 329 g/mol. The Balaban J connectivity index is 1.32. The van der Waals surface area contributed by atoms with Gasteiger partial charge in [0.05, 0.1) is 0 Å². The summed E-state index contributed by atoms with van der Waals surface area (Å²) in [6.45, 7) is 5.41. The van der Waals surface area contributed by atoms with Crippen LogP contribution in [0.4, 0.5) is 0 Å². The van der Waals surface area contributed by atoms with E-state index >= 15 is 0 Å². The minimum absolute atomic E-state index is 0.259. The van der Waals surface area contributed by atoms with Gasteiger partial charge in [-0.05, 0) is 56.7 Å². The molecule has 2 saturated heterocycles. The SMILES string of the molecule is O=C(CCC1CCNCC1)NC1CCN(Cc2ccccc2)CC1. The van der Waals surface area contributed by atoms with Gasteiger partial charge in [-0.2, -0.15) is 0 Å². The molecule has 0 atom stereocenters. The first-order valence-corrected chi connectivity index (χ1v) is 9.56. The summed E-state index contributed by atoms with van der Waals surface area (Å²) in [5, 5.41) is 6.65. The topological polar surface area (TPSA) is 44.4 Å². The van der Waals surface area contributed by atoms with E-state index in [9.17, 15) is 4.79 Å². The van der Waals surface area contributed by atoms with Crippen LogP contribution in [-0.4, -0.2) is 43.0 Å². The van der Waals surface area contributed by atoms with E-state index in [-0.39, 0.29) is 5.91 Å². The molecule has 2 heterocycles. The van der Waals surface area contributed by atoms with Crippen LogP contribution in [0.1, 0.15) is 44.1 Å². The lowest BCUT2D eigenvalue weighted by Crippen LogP contribution is -2.44. The molecule has 0 saturated carbocycles. The maximum absolute atomic E-state index is 12.2. The summed E-state index contributed by atoms with van der Waals surface area (Å²) in [6, 6.07) is 11.0. The van der Waals surface area contributed by atoms with Gasteiger partial charge in [0.25, 0.3) is 0 Å². The molecule has 2 fully saturated rings. The van der Waals surface area contributed by atoms with Crippen LogP contribution in [0.5, 0.6) is 0 Å². The number of nitrogens with zero attached hydrogens (tertiary/aromatic N) is 1. The molecular formula is C20H31N3O. The van der Waals surface area contributed by atoms with Crippen LogP contribution in [0.2, 0.25) is 0 Å². The predicted octanol–water partition coefficient (Wildman–Crippen LogP) is 2.55. The Kier molecular flexibility index (Phi) is 6.67. The minimum atomic E-state index is 0.259. The first-order valence-electron chi connectivity index (χ1n) is 9.56. The number of benzene rings is 1. The van der Waals surface area contributed by atoms with Gasteiger partial charge in [-0.1, -0.05) is 30.3 Å². The van der Waals surface area contributed by atoms with E-state index in [2.05, 4.69) is 45.9 Å². The molecular weight excluding hydrogens is 298 g/mol. The molecule has 132 valence electrons. The highest BCUT2D eigenvalue weighted by Gasteiger charge is 2.21. The third-order valence-corrected chi connectivity index (χ3v) is 5.44. The zero-order chi connectivity index (χ0) is 16.6. The number of carbonyl (C=O) groups excluding carboxylic acids is 1. The second kappa shape index (κ2) is 9.19. The van der Waals surface area contributed by atoms with Crippen molar-refractivity contribution in [2.75, 3.05) is 26.2 Å². The van der Waals surface area contributed by atoms with E-state index in [1.807, 2.05) is 0 Å². The fourth-order valence-corrected chi connectivity index (χ4v) is 3.88. The maximum atomic E-state index is 12.2. The maximum Gasteiger partial charge on any atom is 0.220 e. The third kappa shape index (κ3) is 5.60. The van der Waals surface area contributed by atoms with Gasteiger partial charge in [0.15, 0.2) is 0 Å². The molecule has 4 nitrogen and oxygen atoms in total. The van der Waals surface area contributed by atoms with Gasteiger partial charge in [0.1, 0.15) is 0 Å². The van der Waals surface area contributed by atoms with Crippen molar-refractivity contribution in [3.05, 3.63) is 35.9 Å². The average Bonchev–Trinajstić information content (AvgIpc) is 2.63. The second-order valence-corrected chi connectivity index (χ2v) is 7.34. The van der Waals surface area contributed by atoms with Crippen LogP contribution in [0.15, 0.2) is 30.3 Å². The van der Waals surface area contributed by atoms with E-state index < -0.39 is 0 Å². The van der Waals surface area contributed by atoms with Crippen molar-refractivity contribution < 1.29 is 4.79 Å². The molecule has 1 aromatic rings. The fourth-order valence-electron chi connectivity index (χ4n) is 3.88. The highest BCUT2D eigenvalue weighted by Crippen LogP contribution is 2.18. The van der Waals surface area contributed by atoms with Gasteiger partial charge >= 0.3 is 0 Å². The van der Waals surface area contributed by atoms with Crippen LogP contribution >= 0.6 is 0 Å². The number of hydrogen-bond donors (Lipinski definition) is 2. The summed E-state index contributed by atoms with van der Waals surface area (Å²) in [5.41, 5.74) is 1.38. The van der Waals surface area contributed by atoms with Crippen molar-refractivity contribution in [1.82, 2.24) is 15.5 Å². The van der Waals surface area contributed by atoms with Crippen molar-refractivity contribution in [3.63, 3.8) is 0 Å². The van der Waals surface area contributed by atoms with Crippen molar-refractivity contribution in [2.24, 2.45) is 5.92 Å². The van der Waals surface area contributed by atoms with Crippen LogP contribution in [0.25, 0.3) is 0 Å². The first kappa shape index (κ1) is 17.4. The fraction of sp³-hybridized carbons (Fsp3) is 0.650. The molecule has 0 aliphatic carbocycles. The van der Waals surface area contributed by atoms with Gasteiger partial charge in [-0.25, -0.2) is 0 Å². The molecule has 0 spiro atoms. The summed E-state index contributed by atoms with van der Waals surface area (Å²) in [4.78, 5) is 14.7. The highest BCUT2D eigenvalue weighted by molar-refractivity contribution is 5.76. The highest BCUT2D eigenvalue weighted by atomic mass is 16.1. The zero-order valence-electron chi connectivity index (χ0n) is 14.7. The van der Waals surface area contributed by atoms with Crippen molar-refractivity contribution in [2.45, 2.75) is 51.1 Å². The lowest BCUT2D eigenvalue weighted by Gasteiger charge is -2.32. The Bertz CT molecular complexity index is 491. The van der Waals surface area contributed by atoms with Crippen molar-refractivity contribution >= 4 is 5.91 Å². The van der Waals surface area contributed by atoms with E-state index in [1.165, 1.54) is 18.4 Å². The predicted molar refractivity (Wildman–Crippen MR) is 97.7 cm³/mol. The number of nitrogens with one attached hydrogen (secondary N) is 2. The standard InChI is InChI=1S/C20H31N3O/c24-20(7-6-17-8-12-21-13-9-17)22-19-10-14-23(15-11-19)16-18-4-2-1-3-5-18/h1-5,17,19,21H,6-16H2,(H,22,24). The van der Waals surface area contributed by atoms with Crippen molar-refractivity contribution in [3.8, 4) is 0 Å². The Morgan fingerprint density at radius 1 is 1.08 bits per heavy atom. The number of amides is 1. The van der Waals surface area contributed by atoms with E-state index in [0.717, 1.165) is 57.9 Å². The van der Waals surface area contributed by atoms with Gasteiger partial charge in [0, 0.05) is 32.1 Å². The van der Waals surface area contributed by atoms with Gasteiger partial charge < -0.3 is 10.6 Å². The molecule has 2 aliphatic heterocycles. The quantitative estimate of drug-likeness (QED) is 0.843. The minimum Gasteiger partial charge on any atom is -0.353 e. The van der Waals surface area contributed by atoms with Crippen LogP contribution in [0, 0.1) is 5.92 Å². The Morgan fingerprint density at radius 2 is 1.79 bits per heavy atom. The van der Waals surface area contributed by atoms with Gasteiger partial charge in [0.2, 0.25) is 5.91 Å². The number of hydrogen-bond acceptors (Lipinski definition) is 3. The van der Waals surface area contributed by atoms with Crippen LogP contribution in [0.3, 0.4) is 0 Å². The summed E-state index contributed by atoms with van der Waals surface area (Å²) < 4.78 is 0. The average molecular weight is 329 g/mol. The van der Waals surface area contributed by atoms with Crippen LogP contribution in [-0.2, 0) is 11.3 Å². The largest absolute Gasteiger partial charge is 0.353 e. The smallest absolute Gasteiger partial charge is 0.220 e. The molecule has 0 radical (unpaired) electrons. The van der Waals surface area contributed by atoms with E-state index in [0.29, 0.717) is 12.5 Å². The van der Waals surface area contributed by atoms with Crippen molar-refractivity contribution in [1.29, 1.82) is 0 Å². The zero-order valence-corrected chi connectivity index (χ0v) is 14.7. The molecule has 0 unspecified atom stereocenters. The molecule has 1 amide bonds. The molecule has 2 N–H and O–H groups in total. The number of piperidine rings is 2. The number of rotatable bonds is 6. The van der Waals surface area contributed by atoms with Gasteiger partial charge in [-0.3, -0.25) is 9.69 Å². The lowest BCUT2D eigenvalue weighted by atomic mass is 9.93. The third-order valence-electron chi connectivity index (χ3n) is 5.44. The Morgan fingerprint density at radius 3 is 2.50 bits per heavy atom. The van der Waals surface area contributed by atoms with E-state index in [4.69, 9.17) is 0 Å². The summed E-state index contributed by atoms with van der Waals surface area (Å²) in [7, 11) is 0. The number of likely N-dealkylation sites (tertiary alicyclic amines) is 1. The molecule has 0 bridgehead atoms. The summed E-state index contributed by atoms with van der Waals surface area (Å²) in [6.07, 6.45) is 6.36. The molecule has 24 heavy (non-hydrogen) atoms. The molecule has 3 rings (SSSR count). The summed E-state index contributed by atoms with van der Waals surface area (Å²) >= 11 is 0. The molecule has 2 aliphatic rings. The lowest BCUT2D eigenvalue weighted by molar-refractivity contribution is -0.122. The molecule has 0 aromatic heterocycles. The molecule has 1 aromatic carbocycles. The normalized spacial score (nSPS) is 20.8. The number of carbonyl (C=O) groups is 1. The Labute approximate surface area is 146 Å². The Hall–Kier alpha value is -1.39. The van der Waals surface area contributed by atoms with E-state index in [1.54, 1.807) is 0 Å².